The zero-order valence-electron chi connectivity index (χ0n) is 8.89. The molecule has 1 aromatic heterocycles. The molecule has 2 nitrogen and oxygen atoms in total. The summed E-state index contributed by atoms with van der Waals surface area (Å²) in [7, 11) is 0. The lowest BCUT2D eigenvalue weighted by atomic mass is 10.1. The zero-order chi connectivity index (χ0) is 11.2. The van der Waals surface area contributed by atoms with Crippen LogP contribution in [0.25, 0.3) is 6.08 Å². The minimum absolute atomic E-state index is 0.0595. The predicted molar refractivity (Wildman–Crippen MR) is 66.2 cm³/mol. The minimum atomic E-state index is -0.0595. The van der Waals surface area contributed by atoms with E-state index in [1.54, 1.807) is 12.3 Å². The molecule has 0 aliphatic rings. The van der Waals surface area contributed by atoms with Gasteiger partial charge < -0.3 is 4.98 Å². The number of pyridine rings is 1. The molecule has 2 heteroatoms. The van der Waals surface area contributed by atoms with Crippen LogP contribution >= 0.6 is 0 Å². The molecule has 0 atom stereocenters. The monoisotopic (exact) mass is 211 g/mol. The Morgan fingerprint density at radius 3 is 2.56 bits per heavy atom. The van der Waals surface area contributed by atoms with E-state index in [-0.39, 0.29) is 5.56 Å². The maximum Gasteiger partial charge on any atom is 0.247 e. The highest BCUT2D eigenvalue weighted by molar-refractivity contribution is 5.49. The van der Waals surface area contributed by atoms with Gasteiger partial charge in [-0.15, -0.1) is 0 Å². The first-order chi connectivity index (χ1) is 7.84. The Morgan fingerprint density at radius 1 is 1.06 bits per heavy atom. The molecule has 1 aromatic carbocycles. The summed E-state index contributed by atoms with van der Waals surface area (Å²) in [5.41, 5.74) is 2.23. The average Bonchev–Trinajstić information content (AvgIpc) is 2.33. The highest BCUT2D eigenvalue weighted by Crippen LogP contribution is 2.03. The van der Waals surface area contributed by atoms with E-state index in [0.717, 1.165) is 12.0 Å². The van der Waals surface area contributed by atoms with Crippen molar-refractivity contribution < 1.29 is 0 Å². The van der Waals surface area contributed by atoms with E-state index in [2.05, 4.69) is 29.3 Å². The van der Waals surface area contributed by atoms with Crippen molar-refractivity contribution >= 4 is 6.08 Å². The predicted octanol–water partition coefficient (Wildman–Crippen LogP) is 2.63. The third kappa shape index (κ3) is 2.95. The molecular formula is C14H13NO. The number of H-pyrrole nitrogens is 1. The van der Waals surface area contributed by atoms with Crippen LogP contribution in [0.5, 0.6) is 0 Å². The molecule has 0 aliphatic heterocycles. The summed E-state index contributed by atoms with van der Waals surface area (Å²) in [6.45, 7) is 0. The van der Waals surface area contributed by atoms with E-state index in [1.165, 1.54) is 5.56 Å². The van der Waals surface area contributed by atoms with Gasteiger partial charge in [-0.25, -0.2) is 0 Å². The molecule has 2 rings (SSSR count). The van der Waals surface area contributed by atoms with Crippen molar-refractivity contribution in [2.75, 3.05) is 0 Å². The molecule has 0 spiro atoms. The van der Waals surface area contributed by atoms with Crippen LogP contribution in [0.1, 0.15) is 11.1 Å². The fraction of sp³-hybridized carbons (Fsp3) is 0.0714. The van der Waals surface area contributed by atoms with Crippen molar-refractivity contribution in [3.8, 4) is 0 Å². The summed E-state index contributed by atoms with van der Waals surface area (Å²) in [5, 5.41) is 0. The Morgan fingerprint density at radius 2 is 1.88 bits per heavy atom. The van der Waals surface area contributed by atoms with Crippen LogP contribution in [0.4, 0.5) is 0 Å². The number of hydrogen-bond donors (Lipinski definition) is 1. The number of nitrogens with one attached hydrogen (secondary N) is 1. The minimum Gasteiger partial charge on any atom is -0.329 e. The average molecular weight is 211 g/mol. The van der Waals surface area contributed by atoms with E-state index >= 15 is 0 Å². The first-order valence-corrected chi connectivity index (χ1v) is 5.24. The van der Waals surface area contributed by atoms with E-state index < -0.39 is 0 Å². The van der Waals surface area contributed by atoms with Gasteiger partial charge >= 0.3 is 0 Å². The third-order valence-corrected chi connectivity index (χ3v) is 2.31. The molecule has 0 radical (unpaired) electrons. The lowest BCUT2D eigenvalue weighted by Crippen LogP contribution is -2.02. The van der Waals surface area contributed by atoms with Crippen molar-refractivity contribution in [2.24, 2.45) is 0 Å². The second-order valence-electron chi connectivity index (χ2n) is 3.58. The van der Waals surface area contributed by atoms with Crippen molar-refractivity contribution in [3.05, 3.63) is 76.2 Å². The summed E-state index contributed by atoms with van der Waals surface area (Å²) < 4.78 is 0. The van der Waals surface area contributed by atoms with Crippen LogP contribution in [-0.2, 0) is 6.42 Å². The maximum absolute atomic E-state index is 10.8. The first kappa shape index (κ1) is 10.4. The van der Waals surface area contributed by atoms with Gasteiger partial charge in [0, 0.05) is 12.3 Å². The summed E-state index contributed by atoms with van der Waals surface area (Å²) >= 11 is 0. The topological polar surface area (TPSA) is 32.9 Å². The number of benzene rings is 1. The van der Waals surface area contributed by atoms with Crippen molar-refractivity contribution in [1.82, 2.24) is 4.98 Å². The van der Waals surface area contributed by atoms with Gasteiger partial charge in [0.1, 0.15) is 0 Å². The van der Waals surface area contributed by atoms with E-state index in [0.29, 0.717) is 0 Å². The molecule has 0 saturated heterocycles. The Balaban J connectivity index is 2.00. The molecule has 1 N–H and O–H groups in total. The Kier molecular flexibility index (Phi) is 3.34. The van der Waals surface area contributed by atoms with Crippen molar-refractivity contribution in [1.29, 1.82) is 0 Å². The Bertz CT molecular complexity index is 505. The highest BCUT2D eigenvalue weighted by atomic mass is 16.1. The smallest absolute Gasteiger partial charge is 0.247 e. The highest BCUT2D eigenvalue weighted by Gasteiger charge is 1.89. The Labute approximate surface area is 94.3 Å². The van der Waals surface area contributed by atoms with Crippen LogP contribution in [0.2, 0.25) is 0 Å². The molecule has 0 fully saturated rings. The summed E-state index contributed by atoms with van der Waals surface area (Å²) in [6.07, 6.45) is 6.73. The van der Waals surface area contributed by atoms with Crippen molar-refractivity contribution in [3.63, 3.8) is 0 Å². The van der Waals surface area contributed by atoms with Crippen LogP contribution < -0.4 is 5.56 Å². The number of allylic oxidation sites excluding steroid dienone is 1. The first-order valence-electron chi connectivity index (χ1n) is 5.24. The van der Waals surface area contributed by atoms with Crippen LogP contribution in [0.15, 0.2) is 59.5 Å². The second kappa shape index (κ2) is 5.12. The quantitative estimate of drug-likeness (QED) is 0.831. The number of aromatic nitrogens is 1. The van der Waals surface area contributed by atoms with Crippen LogP contribution in [0, 0.1) is 0 Å². The largest absolute Gasteiger partial charge is 0.329 e. The summed E-state index contributed by atoms with van der Waals surface area (Å²) in [5.74, 6) is 0. The zero-order valence-corrected chi connectivity index (χ0v) is 8.89. The molecule has 0 bridgehead atoms. The molecular weight excluding hydrogens is 198 g/mol. The van der Waals surface area contributed by atoms with Crippen molar-refractivity contribution in [2.45, 2.75) is 6.42 Å². The van der Waals surface area contributed by atoms with Gasteiger partial charge in [-0.05, 0) is 17.5 Å². The second-order valence-corrected chi connectivity index (χ2v) is 3.58. The number of aromatic amines is 1. The fourth-order valence-corrected chi connectivity index (χ4v) is 1.46. The molecule has 1 heterocycles. The molecule has 0 amide bonds. The SMILES string of the molecule is O=c1ccc(C/C=C/c2ccccc2)c[nH]1. The third-order valence-electron chi connectivity index (χ3n) is 2.31. The van der Waals surface area contributed by atoms with Gasteiger partial charge in [0.05, 0.1) is 0 Å². The fourth-order valence-electron chi connectivity index (χ4n) is 1.46. The lowest BCUT2D eigenvalue weighted by molar-refractivity contribution is 1.15. The molecule has 0 aliphatic carbocycles. The maximum atomic E-state index is 10.8. The molecule has 0 unspecified atom stereocenters. The van der Waals surface area contributed by atoms with E-state index in [9.17, 15) is 4.79 Å². The van der Waals surface area contributed by atoms with Gasteiger partial charge in [-0.1, -0.05) is 48.6 Å². The van der Waals surface area contributed by atoms with Gasteiger partial charge in [-0.2, -0.15) is 0 Å². The van der Waals surface area contributed by atoms with Crippen LogP contribution in [0.3, 0.4) is 0 Å². The standard InChI is InChI=1S/C14H13NO/c16-14-10-9-13(11-15-14)8-4-7-12-5-2-1-3-6-12/h1-7,9-11H,8H2,(H,15,16)/b7-4+. The van der Waals surface area contributed by atoms with Gasteiger partial charge in [-0.3, -0.25) is 4.79 Å². The van der Waals surface area contributed by atoms with E-state index in [4.69, 9.17) is 0 Å². The molecule has 0 saturated carbocycles. The number of rotatable bonds is 3. The van der Waals surface area contributed by atoms with E-state index in [1.807, 2.05) is 24.3 Å². The lowest BCUT2D eigenvalue weighted by Gasteiger charge is -1.94. The molecule has 80 valence electrons. The normalized spacial score (nSPS) is 10.8. The van der Waals surface area contributed by atoms with Gasteiger partial charge in [0.2, 0.25) is 5.56 Å². The van der Waals surface area contributed by atoms with Crippen LogP contribution in [-0.4, -0.2) is 4.98 Å². The molecule has 16 heavy (non-hydrogen) atoms. The Hall–Kier alpha value is -2.09. The summed E-state index contributed by atoms with van der Waals surface area (Å²) in [4.78, 5) is 13.5. The summed E-state index contributed by atoms with van der Waals surface area (Å²) in [6, 6.07) is 13.5. The van der Waals surface area contributed by atoms with Gasteiger partial charge in [0.15, 0.2) is 0 Å². The van der Waals surface area contributed by atoms with Gasteiger partial charge in [0.25, 0.3) is 0 Å². The molecule has 2 aromatic rings. The number of hydrogen-bond acceptors (Lipinski definition) is 1.